The summed E-state index contributed by atoms with van der Waals surface area (Å²) >= 11 is 0. The summed E-state index contributed by atoms with van der Waals surface area (Å²) in [5, 5.41) is 73.4. The van der Waals surface area contributed by atoms with Gasteiger partial charge < -0.3 is 59.1 Å². The number of aliphatic hydroxyl groups excluding tert-OH is 6. The van der Waals surface area contributed by atoms with Gasteiger partial charge in [-0.25, -0.2) is 4.68 Å². The van der Waals surface area contributed by atoms with Gasteiger partial charge in [-0.15, -0.1) is 5.10 Å². The van der Waals surface area contributed by atoms with Crippen LogP contribution in [0.3, 0.4) is 0 Å². The Bertz CT molecular complexity index is 991. The predicted molar refractivity (Wildman–Crippen MR) is 139 cm³/mol. The number of hydrogen-bond donors (Lipinski definition) is 6. The number of aromatic nitrogens is 3. The summed E-state index contributed by atoms with van der Waals surface area (Å²) in [6, 6.07) is 0. The van der Waals surface area contributed by atoms with Crippen molar-refractivity contribution in [1.29, 1.82) is 0 Å². The largest absolute Gasteiger partial charge is 0.388 e. The summed E-state index contributed by atoms with van der Waals surface area (Å²) in [5.41, 5.74) is 8.67. The van der Waals surface area contributed by atoms with Crippen molar-refractivity contribution in [1.82, 2.24) is 15.0 Å². The van der Waals surface area contributed by atoms with E-state index in [9.17, 15) is 30.6 Å². The van der Waals surface area contributed by atoms with E-state index < -0.39 is 61.4 Å². The van der Waals surface area contributed by atoms with Crippen molar-refractivity contribution in [3.63, 3.8) is 0 Å². The maximum Gasteiger partial charge on any atom is 0.189 e. The third kappa shape index (κ3) is 8.99. The number of rotatable bonds is 16. The summed E-state index contributed by atoms with van der Waals surface area (Å²) in [6.45, 7) is 7.87. The van der Waals surface area contributed by atoms with Crippen LogP contribution in [0.2, 0.25) is 0 Å². The lowest BCUT2D eigenvalue weighted by Crippen LogP contribution is -2.63. The molecular formula is C24H42N6O12. The minimum absolute atomic E-state index is 0.112. The first-order chi connectivity index (χ1) is 20.0. The molecule has 0 aromatic carbocycles. The van der Waals surface area contributed by atoms with Gasteiger partial charge in [0.2, 0.25) is 0 Å². The van der Waals surface area contributed by atoms with Crippen LogP contribution < -0.4 is 0 Å². The Kier molecular flexibility index (Phi) is 13.3. The van der Waals surface area contributed by atoms with E-state index in [2.05, 4.69) is 20.3 Å². The molecule has 18 nitrogen and oxygen atoms in total. The molecule has 10 atom stereocenters. The Morgan fingerprint density at radius 2 is 1.43 bits per heavy atom. The standard InChI is InChI=1S/C24H42N6O12/c1-4-37-10-24(3,11-38-5-2)12-39-9-13-7-30(29-27-13)8-15-17(32)19(34)21(36)23(41-15)42-22-20(35)18(33)16(31)14(40-22)6-26-28-25/h7,14-23,31-36H,4-6,8-12H2,1-3H3/t14?,15-,16-,17-,18+,19?,20?,21?,22-,23-/m1/s1. The fourth-order valence-electron chi connectivity index (χ4n) is 4.51. The number of azide groups is 1. The zero-order chi connectivity index (χ0) is 30.9. The van der Waals surface area contributed by atoms with Crippen LogP contribution in [-0.4, -0.2) is 147 Å². The van der Waals surface area contributed by atoms with Gasteiger partial charge in [0.25, 0.3) is 0 Å². The molecule has 2 aliphatic heterocycles. The second-order valence-electron chi connectivity index (χ2n) is 10.6. The molecule has 0 saturated carbocycles. The second kappa shape index (κ2) is 16.2. The van der Waals surface area contributed by atoms with Crippen LogP contribution in [0.5, 0.6) is 0 Å². The molecule has 0 amide bonds. The van der Waals surface area contributed by atoms with Crippen LogP contribution in [0, 0.1) is 5.41 Å². The van der Waals surface area contributed by atoms with Gasteiger partial charge in [-0.1, -0.05) is 17.3 Å². The van der Waals surface area contributed by atoms with Gasteiger partial charge in [0.05, 0.1) is 51.8 Å². The maximum atomic E-state index is 10.5. The van der Waals surface area contributed by atoms with Gasteiger partial charge in [0, 0.05) is 23.5 Å². The SMILES string of the molecule is CCOCC(C)(COCC)COCc1cn(C[C@H]2O[C@H](O[C@H]3OC(CN=[N+]=[N-])[C@@H](O)[C@H](O)C3O)C(O)C(O)[C@@H]2O)nn1. The molecule has 2 aliphatic rings. The molecule has 2 saturated heterocycles. The smallest absolute Gasteiger partial charge is 0.189 e. The Labute approximate surface area is 242 Å². The van der Waals surface area contributed by atoms with Crippen molar-refractivity contribution in [3.05, 3.63) is 22.3 Å². The molecule has 1 aromatic rings. The molecule has 0 spiro atoms. The predicted octanol–water partition coefficient (Wildman–Crippen LogP) is -2.18. The molecule has 6 N–H and O–H groups in total. The van der Waals surface area contributed by atoms with Crippen molar-refractivity contribution >= 4 is 0 Å². The Morgan fingerprint density at radius 3 is 2.00 bits per heavy atom. The quantitative estimate of drug-likeness (QED) is 0.0664. The van der Waals surface area contributed by atoms with Gasteiger partial charge in [-0.3, -0.25) is 0 Å². The number of hydrogen-bond acceptors (Lipinski definition) is 15. The highest BCUT2D eigenvalue weighted by Gasteiger charge is 2.49. The van der Waals surface area contributed by atoms with Crippen molar-refractivity contribution in [2.45, 2.75) is 95.3 Å². The van der Waals surface area contributed by atoms with Crippen LogP contribution >= 0.6 is 0 Å². The summed E-state index contributed by atoms with van der Waals surface area (Å²) in [5.74, 6) is 0. The zero-order valence-electron chi connectivity index (χ0n) is 23.8. The molecule has 0 bridgehead atoms. The molecule has 3 rings (SSSR count). The van der Waals surface area contributed by atoms with E-state index in [4.69, 9.17) is 34.0 Å². The summed E-state index contributed by atoms with van der Waals surface area (Å²) in [7, 11) is 0. The molecule has 240 valence electrons. The van der Waals surface area contributed by atoms with Crippen LogP contribution in [0.15, 0.2) is 11.3 Å². The molecule has 2 fully saturated rings. The van der Waals surface area contributed by atoms with Crippen LogP contribution in [0.4, 0.5) is 0 Å². The van der Waals surface area contributed by atoms with Gasteiger partial charge in [0.1, 0.15) is 48.4 Å². The highest BCUT2D eigenvalue weighted by atomic mass is 16.8. The van der Waals surface area contributed by atoms with E-state index >= 15 is 0 Å². The third-order valence-corrected chi connectivity index (χ3v) is 6.89. The lowest BCUT2D eigenvalue weighted by atomic mass is 9.94. The van der Waals surface area contributed by atoms with Gasteiger partial charge in [-0.05, 0) is 19.4 Å². The van der Waals surface area contributed by atoms with E-state index in [1.807, 2.05) is 20.8 Å². The molecule has 42 heavy (non-hydrogen) atoms. The monoisotopic (exact) mass is 606 g/mol. The zero-order valence-corrected chi connectivity index (χ0v) is 23.8. The summed E-state index contributed by atoms with van der Waals surface area (Å²) < 4.78 is 34.9. The topological polar surface area (TPSA) is 256 Å². The molecule has 1 aromatic heterocycles. The van der Waals surface area contributed by atoms with E-state index in [0.29, 0.717) is 38.7 Å². The Morgan fingerprint density at radius 1 is 0.881 bits per heavy atom. The molecule has 4 unspecified atom stereocenters. The number of ether oxygens (including phenoxy) is 6. The minimum atomic E-state index is -1.78. The van der Waals surface area contributed by atoms with Gasteiger partial charge >= 0.3 is 0 Å². The molecule has 3 heterocycles. The van der Waals surface area contributed by atoms with Crippen LogP contribution in [-0.2, 0) is 41.6 Å². The van der Waals surface area contributed by atoms with E-state index in [1.54, 1.807) is 6.20 Å². The number of nitrogens with zero attached hydrogens (tertiary/aromatic N) is 6. The highest BCUT2D eigenvalue weighted by Crippen LogP contribution is 2.29. The van der Waals surface area contributed by atoms with Gasteiger partial charge in [0.15, 0.2) is 12.6 Å². The van der Waals surface area contributed by atoms with Gasteiger partial charge in [-0.2, -0.15) is 0 Å². The first-order valence-corrected chi connectivity index (χ1v) is 13.7. The first-order valence-electron chi connectivity index (χ1n) is 13.7. The van der Waals surface area contributed by atoms with E-state index in [1.165, 1.54) is 4.68 Å². The molecule has 18 heteroatoms. The first kappa shape index (κ1) is 34.5. The highest BCUT2D eigenvalue weighted by molar-refractivity contribution is 4.95. The normalized spacial score (nSPS) is 33.8. The molecule has 0 radical (unpaired) electrons. The third-order valence-electron chi connectivity index (χ3n) is 6.89. The van der Waals surface area contributed by atoms with Crippen LogP contribution in [0.1, 0.15) is 26.5 Å². The van der Waals surface area contributed by atoms with Crippen LogP contribution in [0.25, 0.3) is 10.4 Å². The Balaban J connectivity index is 1.60. The lowest BCUT2D eigenvalue weighted by Gasteiger charge is -2.44. The van der Waals surface area contributed by atoms with Crippen molar-refractivity contribution in [2.24, 2.45) is 10.5 Å². The van der Waals surface area contributed by atoms with Crippen molar-refractivity contribution in [3.8, 4) is 0 Å². The summed E-state index contributed by atoms with van der Waals surface area (Å²) in [6.07, 6.45) is -14.2. The fraction of sp³-hybridized carbons (Fsp3) is 0.917. The lowest BCUT2D eigenvalue weighted by molar-refractivity contribution is -0.373. The maximum absolute atomic E-state index is 10.5. The number of aliphatic hydroxyl groups is 6. The minimum Gasteiger partial charge on any atom is -0.388 e. The second-order valence-corrected chi connectivity index (χ2v) is 10.6. The van der Waals surface area contributed by atoms with Crippen molar-refractivity contribution < 1.29 is 59.1 Å². The molecular weight excluding hydrogens is 564 g/mol. The van der Waals surface area contributed by atoms with Crippen molar-refractivity contribution in [2.75, 3.05) is 39.6 Å². The average Bonchev–Trinajstić information content (AvgIpc) is 3.42. The fourth-order valence-corrected chi connectivity index (χ4v) is 4.51. The van der Waals surface area contributed by atoms with E-state index in [0.717, 1.165) is 0 Å². The Hall–Kier alpha value is -2.03. The average molecular weight is 607 g/mol. The summed E-state index contributed by atoms with van der Waals surface area (Å²) in [4.78, 5) is 2.57. The molecule has 0 aliphatic carbocycles. The van der Waals surface area contributed by atoms with E-state index in [-0.39, 0.29) is 25.1 Å².